The van der Waals surface area contributed by atoms with Gasteiger partial charge in [0.25, 0.3) is 0 Å². The molecule has 326 valence electrons. The molecule has 13 aromatic rings. The lowest BCUT2D eigenvalue weighted by atomic mass is 9.91. The van der Waals surface area contributed by atoms with Gasteiger partial charge < -0.3 is 4.57 Å². The first-order chi connectivity index (χ1) is 34.7. The van der Waals surface area contributed by atoms with E-state index in [1.165, 1.54) is 32.9 Å². The molecule has 4 aromatic heterocycles. The van der Waals surface area contributed by atoms with E-state index in [9.17, 15) is 0 Å². The lowest BCUT2D eigenvalue weighted by Gasteiger charge is -2.32. The Morgan fingerprint density at radius 1 is 0.329 bits per heavy atom. The van der Waals surface area contributed by atoms with Crippen molar-refractivity contribution >= 4 is 60.8 Å². The Bertz CT molecular complexity index is 4100. The second-order valence-electron chi connectivity index (χ2n) is 17.7. The van der Waals surface area contributed by atoms with Crippen LogP contribution in [0.5, 0.6) is 0 Å². The minimum Gasteiger partial charge on any atom is -0.309 e. The van der Waals surface area contributed by atoms with Gasteiger partial charge in [0.15, 0.2) is 11.6 Å². The van der Waals surface area contributed by atoms with Gasteiger partial charge in [-0.2, -0.15) is 9.97 Å². The van der Waals surface area contributed by atoms with Gasteiger partial charge in [-0.15, -0.1) is 0 Å². The van der Waals surface area contributed by atoms with Crippen LogP contribution < -0.4 is 4.90 Å². The molecule has 0 radical (unpaired) electrons. The van der Waals surface area contributed by atoms with E-state index in [4.69, 9.17) is 24.9 Å². The van der Waals surface area contributed by atoms with Gasteiger partial charge in [-0.05, 0) is 88.0 Å². The maximum Gasteiger partial charge on any atom is 0.238 e. The Morgan fingerprint density at radius 2 is 0.857 bits per heavy atom. The number of pyridine rings is 2. The van der Waals surface area contributed by atoms with Crippen LogP contribution in [0.25, 0.3) is 117 Å². The summed E-state index contributed by atoms with van der Waals surface area (Å²) in [5.74, 6) is 1.65. The zero-order valence-electron chi connectivity index (χ0n) is 37.6. The van der Waals surface area contributed by atoms with E-state index in [0.717, 1.165) is 83.4 Å². The highest BCUT2D eigenvalue weighted by Gasteiger charge is 2.31. The molecule has 70 heavy (non-hydrogen) atoms. The lowest BCUT2D eigenvalue weighted by Crippen LogP contribution is -2.19. The highest BCUT2D eigenvalue weighted by Crippen LogP contribution is 2.52. The summed E-state index contributed by atoms with van der Waals surface area (Å²) in [6.45, 7) is 0. The van der Waals surface area contributed by atoms with Crippen molar-refractivity contribution in [2.24, 2.45) is 0 Å². The Labute approximate surface area is 403 Å². The third-order valence-electron chi connectivity index (χ3n) is 13.6. The molecule has 1 aliphatic rings. The van der Waals surface area contributed by atoms with E-state index in [1.807, 2.05) is 79.1 Å². The molecule has 0 saturated carbocycles. The number of anilines is 3. The molecule has 0 N–H and O–H groups in total. The average molecular weight is 894 g/mol. The molecule has 7 heteroatoms. The molecule has 0 amide bonds. The van der Waals surface area contributed by atoms with E-state index < -0.39 is 0 Å². The zero-order chi connectivity index (χ0) is 46.1. The minimum atomic E-state index is 0.492. The fourth-order valence-electron chi connectivity index (χ4n) is 10.3. The number of benzene rings is 9. The maximum atomic E-state index is 5.52. The molecule has 0 fully saturated rings. The minimum absolute atomic E-state index is 0.492. The van der Waals surface area contributed by atoms with Gasteiger partial charge in [0.1, 0.15) is 0 Å². The van der Waals surface area contributed by atoms with Crippen LogP contribution in [-0.2, 0) is 0 Å². The summed E-state index contributed by atoms with van der Waals surface area (Å²) in [7, 11) is 0. The lowest BCUT2D eigenvalue weighted by molar-refractivity contribution is 1.02. The molecule has 5 heterocycles. The van der Waals surface area contributed by atoms with Crippen LogP contribution in [0.15, 0.2) is 237 Å². The predicted molar refractivity (Wildman–Crippen MR) is 286 cm³/mol. The molecule has 0 saturated heterocycles. The number of hydrogen-bond acceptors (Lipinski definition) is 6. The standard InChI is InChI=1S/C63H39N7/c1-5-15-40(16-6-1)45-27-32-54-50(35-45)53-38-64-39-58-59(53)60(65-54)52-37-47(29-34-57(52)70(58)63-67-61(43-19-9-3-10-20-43)66-62(68-63)44-21-11-4-12-22-44)42-25-30-48(31-26-42)69-55-24-14-13-23-49(55)51-36-46(28-33-56(51)69)41-17-7-2-8-18-41/h1-39H. The van der Waals surface area contributed by atoms with Crippen molar-refractivity contribution in [1.29, 1.82) is 0 Å². The molecule has 1 aliphatic heterocycles. The molecule has 9 aromatic carbocycles. The summed E-state index contributed by atoms with van der Waals surface area (Å²) in [6.07, 6.45) is 3.89. The molecule has 0 atom stereocenters. The zero-order valence-corrected chi connectivity index (χ0v) is 37.6. The largest absolute Gasteiger partial charge is 0.309 e. The smallest absolute Gasteiger partial charge is 0.238 e. The van der Waals surface area contributed by atoms with Crippen molar-refractivity contribution < 1.29 is 0 Å². The molecular weight excluding hydrogens is 855 g/mol. The van der Waals surface area contributed by atoms with Crippen LogP contribution in [-0.4, -0.2) is 29.5 Å². The topological polar surface area (TPSA) is 72.6 Å². The van der Waals surface area contributed by atoms with Gasteiger partial charge in [-0.1, -0.05) is 170 Å². The second-order valence-corrected chi connectivity index (χ2v) is 17.7. The first-order valence-corrected chi connectivity index (χ1v) is 23.5. The fraction of sp³-hybridized carbons (Fsp3) is 0. The second kappa shape index (κ2) is 16.0. The molecule has 0 bridgehead atoms. The van der Waals surface area contributed by atoms with Crippen LogP contribution >= 0.6 is 0 Å². The van der Waals surface area contributed by atoms with Gasteiger partial charge in [0.05, 0.1) is 39.8 Å². The van der Waals surface area contributed by atoms with E-state index in [2.05, 4.69) is 167 Å². The van der Waals surface area contributed by atoms with E-state index in [-0.39, 0.29) is 0 Å². The van der Waals surface area contributed by atoms with E-state index in [1.54, 1.807) is 0 Å². The highest BCUT2D eigenvalue weighted by atomic mass is 15.3. The Balaban J connectivity index is 0.951. The summed E-state index contributed by atoms with van der Waals surface area (Å²) in [6, 6.07) is 78.9. The number of rotatable bonds is 7. The third-order valence-corrected chi connectivity index (χ3v) is 13.6. The molecule has 14 rings (SSSR count). The molecule has 0 aliphatic carbocycles. The summed E-state index contributed by atoms with van der Waals surface area (Å²) >= 11 is 0. The summed E-state index contributed by atoms with van der Waals surface area (Å²) in [4.78, 5) is 28.2. The predicted octanol–water partition coefficient (Wildman–Crippen LogP) is 15.9. The van der Waals surface area contributed by atoms with Gasteiger partial charge in [-0.25, -0.2) is 9.97 Å². The quantitative estimate of drug-likeness (QED) is 0.148. The van der Waals surface area contributed by atoms with Crippen molar-refractivity contribution in [3.05, 3.63) is 237 Å². The number of aromatic nitrogens is 6. The highest BCUT2D eigenvalue weighted by molar-refractivity contribution is 6.20. The van der Waals surface area contributed by atoms with Crippen molar-refractivity contribution in [3.63, 3.8) is 0 Å². The maximum absolute atomic E-state index is 5.52. The Hall–Kier alpha value is -9.59. The van der Waals surface area contributed by atoms with Gasteiger partial charge in [-0.3, -0.25) is 9.88 Å². The molecule has 0 spiro atoms. The van der Waals surface area contributed by atoms with Crippen molar-refractivity contribution in [3.8, 4) is 73.1 Å². The summed E-state index contributed by atoms with van der Waals surface area (Å²) < 4.78 is 2.37. The number of hydrogen-bond donors (Lipinski definition) is 0. The Morgan fingerprint density at radius 3 is 1.53 bits per heavy atom. The first kappa shape index (κ1) is 39.6. The van der Waals surface area contributed by atoms with E-state index in [0.29, 0.717) is 17.6 Å². The van der Waals surface area contributed by atoms with Gasteiger partial charge >= 0.3 is 0 Å². The van der Waals surface area contributed by atoms with Crippen LogP contribution in [0, 0.1) is 0 Å². The molecule has 0 unspecified atom stereocenters. The SMILES string of the molecule is c1ccc(-c2ccc3nc4c5c(cncc5c3c2)N(c2nc(-c3ccccc3)nc(-c3ccccc3)n2)c2ccc(-c3ccc(-n5c6ccccc6c6cc(-c7ccccc7)ccc65)cc3)cc2-4)cc1. The van der Waals surface area contributed by atoms with Crippen LogP contribution in [0.2, 0.25) is 0 Å². The van der Waals surface area contributed by atoms with Gasteiger partial charge in [0, 0.05) is 55.5 Å². The van der Waals surface area contributed by atoms with E-state index >= 15 is 0 Å². The van der Waals surface area contributed by atoms with Crippen LogP contribution in [0.4, 0.5) is 17.3 Å². The summed E-state index contributed by atoms with van der Waals surface area (Å²) in [5.41, 5.74) is 16.6. The van der Waals surface area contributed by atoms with Gasteiger partial charge in [0.2, 0.25) is 5.95 Å². The van der Waals surface area contributed by atoms with Crippen LogP contribution in [0.3, 0.4) is 0 Å². The molecular formula is C63H39N7. The number of nitrogens with zero attached hydrogens (tertiary/aromatic N) is 7. The normalized spacial score (nSPS) is 12.0. The van der Waals surface area contributed by atoms with Crippen molar-refractivity contribution in [2.45, 2.75) is 0 Å². The third kappa shape index (κ3) is 6.48. The number of fused-ring (bicyclic) bond motifs is 7. The average Bonchev–Trinajstić information content (AvgIpc) is 3.77. The molecule has 7 nitrogen and oxygen atoms in total. The fourth-order valence-corrected chi connectivity index (χ4v) is 10.3. The monoisotopic (exact) mass is 893 g/mol. The van der Waals surface area contributed by atoms with Crippen molar-refractivity contribution in [1.82, 2.24) is 29.5 Å². The van der Waals surface area contributed by atoms with Crippen LogP contribution in [0.1, 0.15) is 0 Å². The first-order valence-electron chi connectivity index (χ1n) is 23.5. The van der Waals surface area contributed by atoms with Crippen molar-refractivity contribution in [2.75, 3.05) is 4.90 Å². The Kier molecular flexibility index (Phi) is 9.07. The summed E-state index contributed by atoms with van der Waals surface area (Å²) in [5, 5.41) is 5.47. The number of para-hydroxylation sites is 1.